The molecular weight excluding hydrogens is 572 g/mol. The van der Waals surface area contributed by atoms with Crippen LogP contribution < -0.4 is 10.6 Å². The molecule has 42 heavy (non-hydrogen) atoms. The smallest absolute Gasteiger partial charge is 0.358 e. The first-order valence-corrected chi connectivity index (χ1v) is 15.7. The lowest BCUT2D eigenvalue weighted by molar-refractivity contribution is -0.137. The van der Waals surface area contributed by atoms with E-state index >= 15 is 0 Å². The van der Waals surface area contributed by atoms with E-state index in [2.05, 4.69) is 29.5 Å². The first kappa shape index (κ1) is 30.5. The largest absolute Gasteiger partial charge is 0.416 e. The van der Waals surface area contributed by atoms with Crippen LogP contribution in [0.15, 0.2) is 58.4 Å². The Balaban J connectivity index is 1.38. The number of nitrogens with one attached hydrogen (secondary N) is 2. The number of hydrogen-bond donors (Lipinski definition) is 2. The molecule has 3 atom stereocenters. The van der Waals surface area contributed by atoms with Gasteiger partial charge in [0.1, 0.15) is 17.2 Å². The summed E-state index contributed by atoms with van der Waals surface area (Å²) in [5, 5.41) is 6.33. The Morgan fingerprint density at radius 1 is 1.12 bits per heavy atom. The molecule has 3 aliphatic carbocycles. The molecule has 3 saturated carbocycles. The lowest BCUT2D eigenvalue weighted by Gasteiger charge is -2.46. The number of fused-ring (bicyclic) bond motifs is 1. The van der Waals surface area contributed by atoms with Crippen molar-refractivity contribution in [1.29, 1.82) is 0 Å². The fraction of sp³-hybridized carbons (Fsp3) is 0.533. The third-order valence-corrected chi connectivity index (χ3v) is 11.1. The quantitative estimate of drug-likeness (QED) is 0.366. The van der Waals surface area contributed by atoms with Crippen LogP contribution in [0.1, 0.15) is 57.6 Å². The van der Waals surface area contributed by atoms with Gasteiger partial charge in [0.25, 0.3) is 0 Å². The molecule has 2 aromatic carbocycles. The number of carbonyl (C=O) groups excluding carboxylic acids is 1. The van der Waals surface area contributed by atoms with Gasteiger partial charge in [0.15, 0.2) is 0 Å². The van der Waals surface area contributed by atoms with E-state index in [1.165, 1.54) is 28.6 Å². The zero-order valence-corrected chi connectivity index (χ0v) is 24.7. The Kier molecular flexibility index (Phi) is 7.93. The van der Waals surface area contributed by atoms with E-state index in [9.17, 15) is 30.8 Å². The van der Waals surface area contributed by atoms with Gasteiger partial charge in [-0.15, -0.1) is 0 Å². The number of nitrogens with zero attached hydrogens (tertiary/aromatic N) is 2. The monoisotopic (exact) mass is 608 g/mol. The molecule has 2 N–H and O–H groups in total. The van der Waals surface area contributed by atoms with E-state index in [1.54, 1.807) is 6.92 Å². The molecule has 1 aliphatic heterocycles. The van der Waals surface area contributed by atoms with Crippen molar-refractivity contribution in [3.63, 3.8) is 0 Å². The van der Waals surface area contributed by atoms with Crippen LogP contribution in [0.5, 0.6) is 0 Å². The van der Waals surface area contributed by atoms with Gasteiger partial charge < -0.3 is 10.6 Å². The van der Waals surface area contributed by atoms with Crippen molar-refractivity contribution in [3.05, 3.63) is 65.5 Å². The molecule has 12 heteroatoms. The molecule has 1 unspecified atom stereocenters. The summed E-state index contributed by atoms with van der Waals surface area (Å²) in [7, 11) is -4.14. The Bertz CT molecular complexity index is 1450. The third kappa shape index (κ3) is 5.67. The van der Waals surface area contributed by atoms with E-state index < -0.39 is 38.7 Å². The number of sulfonamides is 1. The Labute approximate surface area is 243 Å². The molecule has 2 bridgehead atoms. The Morgan fingerprint density at radius 3 is 2.36 bits per heavy atom. The van der Waals surface area contributed by atoms with E-state index in [1.807, 2.05) is 0 Å². The number of benzene rings is 2. The van der Waals surface area contributed by atoms with Gasteiger partial charge in [-0.2, -0.15) is 17.5 Å². The van der Waals surface area contributed by atoms with Gasteiger partial charge in [-0.05, 0) is 80.0 Å². The fourth-order valence-electron chi connectivity index (χ4n) is 6.33. The number of hydrogen-bond acceptors (Lipinski definition) is 5. The minimum Gasteiger partial charge on any atom is -0.358 e. The van der Waals surface area contributed by atoms with Crippen molar-refractivity contribution in [3.8, 4) is 0 Å². The van der Waals surface area contributed by atoms with E-state index in [0.29, 0.717) is 43.1 Å². The molecule has 6 rings (SSSR count). The van der Waals surface area contributed by atoms with Crippen molar-refractivity contribution in [2.24, 2.45) is 22.7 Å². The average molecular weight is 609 g/mol. The SMILES string of the molecule is CCC(C)CNC(=O)[C@@]1(C)CN=C([C@H]2CC3(N(Cc4ccc(C(F)(F)F)cc4)S(=O)(=O)c4ccc(F)cc4)CC2C3)N1. The minimum absolute atomic E-state index is 0.0843. The molecule has 0 saturated heterocycles. The van der Waals surface area contributed by atoms with Gasteiger partial charge in [0.05, 0.1) is 17.0 Å². The van der Waals surface area contributed by atoms with Crippen LogP contribution in [0.4, 0.5) is 17.6 Å². The summed E-state index contributed by atoms with van der Waals surface area (Å²) in [4.78, 5) is 17.6. The lowest BCUT2D eigenvalue weighted by Crippen LogP contribution is -2.56. The maximum Gasteiger partial charge on any atom is 0.416 e. The van der Waals surface area contributed by atoms with Crippen molar-refractivity contribution in [2.75, 3.05) is 13.1 Å². The van der Waals surface area contributed by atoms with Crippen LogP contribution >= 0.6 is 0 Å². The summed E-state index contributed by atoms with van der Waals surface area (Å²) in [5.41, 5.74) is -2.09. The lowest BCUT2D eigenvalue weighted by atomic mass is 9.76. The standard InChI is InChI=1S/C30H36F4N4O3S/c1-4-19(2)16-35-27(39)28(3)18-36-26(37-28)25-15-29(13-21(25)14-29)38(42(40,41)24-11-9-23(31)10-12-24)17-20-5-7-22(8-6-20)30(32,33)34/h5-12,19,21,25H,4,13-18H2,1-3H3,(H,35,39)(H,36,37)/t19?,21?,25-,28+,29?/m0/s1. The van der Waals surface area contributed by atoms with Crippen molar-refractivity contribution in [2.45, 2.75) is 75.1 Å². The zero-order valence-electron chi connectivity index (χ0n) is 23.8. The van der Waals surface area contributed by atoms with Gasteiger partial charge >= 0.3 is 6.18 Å². The average Bonchev–Trinajstić information content (AvgIpc) is 3.62. The van der Waals surface area contributed by atoms with Gasteiger partial charge in [-0.3, -0.25) is 9.79 Å². The highest BCUT2D eigenvalue weighted by Gasteiger charge is 2.63. The molecule has 0 aromatic heterocycles. The second kappa shape index (κ2) is 10.9. The summed E-state index contributed by atoms with van der Waals surface area (Å²) in [6, 6.07) is 9.04. The van der Waals surface area contributed by atoms with E-state index in [0.717, 1.165) is 30.7 Å². The molecule has 228 valence electrons. The fourth-order valence-corrected chi connectivity index (χ4v) is 8.11. The number of amidine groups is 1. The first-order valence-electron chi connectivity index (χ1n) is 14.2. The summed E-state index contributed by atoms with van der Waals surface area (Å²) >= 11 is 0. The highest BCUT2D eigenvalue weighted by atomic mass is 32.2. The Morgan fingerprint density at radius 2 is 1.76 bits per heavy atom. The summed E-state index contributed by atoms with van der Waals surface area (Å²) in [6.07, 6.45) is -2.00. The molecule has 0 spiro atoms. The Hall–Kier alpha value is -2.99. The molecule has 4 aliphatic rings. The molecule has 7 nitrogen and oxygen atoms in total. The predicted molar refractivity (Wildman–Crippen MR) is 150 cm³/mol. The van der Waals surface area contributed by atoms with Crippen LogP contribution in [0.25, 0.3) is 0 Å². The normalized spacial score (nSPS) is 27.8. The molecule has 0 radical (unpaired) electrons. The van der Waals surface area contributed by atoms with Crippen molar-refractivity contribution in [1.82, 2.24) is 14.9 Å². The maximum atomic E-state index is 14.0. The number of carbonyl (C=O) groups is 1. The van der Waals surface area contributed by atoms with Crippen molar-refractivity contribution >= 4 is 21.8 Å². The predicted octanol–water partition coefficient (Wildman–Crippen LogP) is 5.13. The zero-order chi connectivity index (χ0) is 30.5. The van der Waals surface area contributed by atoms with Crippen LogP contribution in [-0.4, -0.2) is 48.6 Å². The second-order valence-electron chi connectivity index (χ2n) is 12.2. The number of amides is 1. The number of aliphatic imine (C=N–C) groups is 1. The van der Waals surface area contributed by atoms with Gasteiger partial charge in [0, 0.05) is 24.5 Å². The molecule has 1 amide bonds. The first-order chi connectivity index (χ1) is 19.7. The van der Waals surface area contributed by atoms with Crippen LogP contribution in [0, 0.1) is 23.6 Å². The topological polar surface area (TPSA) is 90.9 Å². The van der Waals surface area contributed by atoms with Gasteiger partial charge in [-0.25, -0.2) is 12.8 Å². The number of alkyl halides is 3. The molecule has 1 heterocycles. The highest BCUT2D eigenvalue weighted by molar-refractivity contribution is 7.89. The van der Waals surface area contributed by atoms with Gasteiger partial charge in [0.2, 0.25) is 15.9 Å². The summed E-state index contributed by atoms with van der Waals surface area (Å²) in [6.45, 7) is 6.64. The minimum atomic E-state index is -4.51. The van der Waals surface area contributed by atoms with Crippen LogP contribution in [-0.2, 0) is 27.5 Å². The molecule has 2 aromatic rings. The van der Waals surface area contributed by atoms with Crippen molar-refractivity contribution < 1.29 is 30.8 Å². The maximum absolute atomic E-state index is 14.0. The molecule has 3 fully saturated rings. The second-order valence-corrected chi connectivity index (χ2v) is 14.1. The summed E-state index contributed by atoms with van der Waals surface area (Å²) < 4.78 is 82.4. The van der Waals surface area contributed by atoms with Crippen LogP contribution in [0.2, 0.25) is 0 Å². The molecular formula is C30H36F4N4O3S. The van der Waals surface area contributed by atoms with E-state index in [4.69, 9.17) is 0 Å². The van der Waals surface area contributed by atoms with Crippen LogP contribution in [0.3, 0.4) is 0 Å². The third-order valence-electron chi connectivity index (χ3n) is 9.12. The van der Waals surface area contributed by atoms with E-state index in [-0.39, 0.29) is 35.7 Å². The summed E-state index contributed by atoms with van der Waals surface area (Å²) in [5.74, 6) is 0.374. The van der Waals surface area contributed by atoms with Gasteiger partial charge in [-0.1, -0.05) is 32.4 Å². The highest BCUT2D eigenvalue weighted by Crippen LogP contribution is 2.60. The number of rotatable bonds is 10. The number of halogens is 4.